The van der Waals surface area contributed by atoms with Gasteiger partial charge in [0.25, 0.3) is 0 Å². The van der Waals surface area contributed by atoms with E-state index in [1.807, 2.05) is 13.8 Å². The predicted molar refractivity (Wildman–Crippen MR) is 54.7 cm³/mol. The number of benzene rings is 1. The van der Waals surface area contributed by atoms with Crippen molar-refractivity contribution < 1.29 is 13.2 Å². The molecule has 0 N–H and O–H groups in total. The fourth-order valence-corrected chi connectivity index (χ4v) is 1.53. The average Bonchev–Trinajstić information content (AvgIpc) is 2.15. The van der Waals surface area contributed by atoms with Gasteiger partial charge in [-0.05, 0) is 30.0 Å². The summed E-state index contributed by atoms with van der Waals surface area (Å²) in [5.41, 5.74) is -0.401. The van der Waals surface area contributed by atoms with Crippen LogP contribution < -0.4 is 0 Å². The normalized spacial score (nSPS) is 11.6. The van der Waals surface area contributed by atoms with Gasteiger partial charge in [0.05, 0.1) is 17.2 Å². The van der Waals surface area contributed by atoms with Gasteiger partial charge in [0.2, 0.25) is 0 Å². The van der Waals surface area contributed by atoms with Crippen LogP contribution in [0.5, 0.6) is 0 Å². The van der Waals surface area contributed by atoms with E-state index < -0.39 is 11.7 Å². The van der Waals surface area contributed by atoms with E-state index in [4.69, 9.17) is 5.26 Å². The van der Waals surface area contributed by atoms with Gasteiger partial charge >= 0.3 is 6.18 Å². The molecule has 16 heavy (non-hydrogen) atoms. The summed E-state index contributed by atoms with van der Waals surface area (Å²) in [7, 11) is 0. The number of rotatable bonds is 2. The van der Waals surface area contributed by atoms with Crippen LogP contribution in [0.4, 0.5) is 13.2 Å². The maximum absolute atomic E-state index is 12.7. The molecule has 4 heteroatoms. The van der Waals surface area contributed by atoms with Crippen LogP contribution in [0.25, 0.3) is 0 Å². The molecule has 0 spiro atoms. The second-order valence-electron chi connectivity index (χ2n) is 4.08. The van der Waals surface area contributed by atoms with E-state index in [-0.39, 0.29) is 17.0 Å². The molecule has 0 saturated heterocycles. The maximum Gasteiger partial charge on any atom is 0.416 e. The van der Waals surface area contributed by atoms with Crippen molar-refractivity contribution in [2.24, 2.45) is 5.92 Å². The summed E-state index contributed by atoms with van der Waals surface area (Å²) < 4.78 is 38.1. The lowest BCUT2D eigenvalue weighted by molar-refractivity contribution is -0.138. The lowest BCUT2D eigenvalue weighted by Gasteiger charge is -2.14. The first kappa shape index (κ1) is 12.6. The lowest BCUT2D eigenvalue weighted by Crippen LogP contribution is -2.11. The largest absolute Gasteiger partial charge is 0.416 e. The van der Waals surface area contributed by atoms with Crippen LogP contribution >= 0.6 is 0 Å². The summed E-state index contributed by atoms with van der Waals surface area (Å²) in [4.78, 5) is 0. The van der Waals surface area contributed by atoms with E-state index in [1.165, 1.54) is 12.1 Å². The fourth-order valence-electron chi connectivity index (χ4n) is 1.53. The second-order valence-corrected chi connectivity index (χ2v) is 4.08. The van der Waals surface area contributed by atoms with Crippen LogP contribution in [-0.4, -0.2) is 0 Å². The zero-order valence-corrected chi connectivity index (χ0v) is 9.10. The first-order valence-corrected chi connectivity index (χ1v) is 4.95. The highest BCUT2D eigenvalue weighted by atomic mass is 19.4. The third-order valence-corrected chi connectivity index (χ3v) is 2.17. The third kappa shape index (κ3) is 2.99. The van der Waals surface area contributed by atoms with Crippen LogP contribution in [0.3, 0.4) is 0 Å². The van der Waals surface area contributed by atoms with Crippen molar-refractivity contribution in [3.05, 3.63) is 34.9 Å². The Morgan fingerprint density at radius 1 is 1.31 bits per heavy atom. The third-order valence-electron chi connectivity index (χ3n) is 2.17. The molecule has 0 bridgehead atoms. The molecule has 0 aliphatic rings. The zero-order chi connectivity index (χ0) is 12.3. The van der Waals surface area contributed by atoms with E-state index in [0.29, 0.717) is 6.42 Å². The van der Waals surface area contributed by atoms with Gasteiger partial charge in [0, 0.05) is 0 Å². The molecule has 0 heterocycles. The summed E-state index contributed by atoms with van der Waals surface area (Å²) in [6.45, 7) is 3.72. The van der Waals surface area contributed by atoms with E-state index in [1.54, 1.807) is 6.07 Å². The molecule has 0 aromatic heterocycles. The monoisotopic (exact) mass is 227 g/mol. The Kier molecular flexibility index (Phi) is 3.58. The minimum absolute atomic E-state index is 0.0415. The molecule has 1 aromatic rings. The van der Waals surface area contributed by atoms with Gasteiger partial charge < -0.3 is 0 Å². The van der Waals surface area contributed by atoms with Crippen LogP contribution in [0.15, 0.2) is 18.2 Å². The smallest absolute Gasteiger partial charge is 0.192 e. The molecule has 0 unspecified atom stereocenters. The van der Waals surface area contributed by atoms with Gasteiger partial charge in [0.1, 0.15) is 0 Å². The molecule has 0 aliphatic heterocycles. The Balaban J connectivity index is 3.23. The molecular weight excluding hydrogens is 215 g/mol. The molecule has 0 fully saturated rings. The van der Waals surface area contributed by atoms with Gasteiger partial charge in [-0.25, -0.2) is 0 Å². The number of nitriles is 1. The van der Waals surface area contributed by atoms with Crippen molar-refractivity contribution in [3.8, 4) is 6.07 Å². The molecule has 86 valence electrons. The van der Waals surface area contributed by atoms with E-state index >= 15 is 0 Å². The molecule has 1 rings (SSSR count). The molecule has 1 aromatic carbocycles. The Hall–Kier alpha value is -1.50. The zero-order valence-electron chi connectivity index (χ0n) is 9.10. The molecule has 0 radical (unpaired) electrons. The van der Waals surface area contributed by atoms with Gasteiger partial charge in [-0.3, -0.25) is 0 Å². The lowest BCUT2D eigenvalue weighted by atomic mass is 9.96. The fraction of sp³-hybridized carbons (Fsp3) is 0.417. The molecular formula is C12H12F3N. The Morgan fingerprint density at radius 3 is 2.38 bits per heavy atom. The molecule has 0 atom stereocenters. The second kappa shape index (κ2) is 4.56. The van der Waals surface area contributed by atoms with Crippen LogP contribution in [0, 0.1) is 17.2 Å². The molecule has 0 aliphatic carbocycles. The maximum atomic E-state index is 12.7. The van der Waals surface area contributed by atoms with Gasteiger partial charge in [-0.1, -0.05) is 19.9 Å². The van der Waals surface area contributed by atoms with E-state index in [2.05, 4.69) is 0 Å². The number of nitrogens with zero attached hydrogens (tertiary/aromatic N) is 1. The highest BCUT2D eigenvalue weighted by molar-refractivity contribution is 5.39. The van der Waals surface area contributed by atoms with Gasteiger partial charge in [0.15, 0.2) is 0 Å². The highest BCUT2D eigenvalue weighted by Crippen LogP contribution is 2.33. The van der Waals surface area contributed by atoms with Crippen molar-refractivity contribution >= 4 is 0 Å². The first-order chi connectivity index (χ1) is 7.34. The van der Waals surface area contributed by atoms with Crippen molar-refractivity contribution in [2.75, 3.05) is 0 Å². The Morgan fingerprint density at radius 2 is 1.94 bits per heavy atom. The SMILES string of the molecule is CC(C)Cc1ccc(C#N)cc1C(F)(F)F. The van der Waals surface area contributed by atoms with Crippen molar-refractivity contribution in [2.45, 2.75) is 26.4 Å². The van der Waals surface area contributed by atoms with Crippen molar-refractivity contribution in [1.82, 2.24) is 0 Å². The molecule has 0 saturated carbocycles. The Bertz CT molecular complexity index is 413. The van der Waals surface area contributed by atoms with E-state index in [9.17, 15) is 13.2 Å². The minimum atomic E-state index is -4.39. The average molecular weight is 227 g/mol. The summed E-state index contributed by atoms with van der Waals surface area (Å²) in [5, 5.41) is 8.58. The van der Waals surface area contributed by atoms with E-state index in [0.717, 1.165) is 6.07 Å². The molecule has 0 amide bonds. The Labute approximate surface area is 92.5 Å². The number of hydrogen-bond donors (Lipinski definition) is 0. The summed E-state index contributed by atoms with van der Waals surface area (Å²) in [5.74, 6) is 0.147. The summed E-state index contributed by atoms with van der Waals surface area (Å²) >= 11 is 0. The minimum Gasteiger partial charge on any atom is -0.192 e. The standard InChI is InChI=1S/C12H12F3N/c1-8(2)5-10-4-3-9(7-16)6-11(10)12(13,14)15/h3-4,6,8H,5H2,1-2H3. The number of halogens is 3. The number of alkyl halides is 3. The first-order valence-electron chi connectivity index (χ1n) is 4.95. The predicted octanol–water partition coefficient (Wildman–Crippen LogP) is 3.78. The quantitative estimate of drug-likeness (QED) is 0.754. The topological polar surface area (TPSA) is 23.8 Å². The van der Waals surface area contributed by atoms with Gasteiger partial charge in [-0.2, -0.15) is 18.4 Å². The van der Waals surface area contributed by atoms with Crippen LogP contribution in [0.1, 0.15) is 30.5 Å². The van der Waals surface area contributed by atoms with Crippen molar-refractivity contribution in [3.63, 3.8) is 0 Å². The molecule has 1 nitrogen and oxygen atoms in total. The summed E-state index contributed by atoms with van der Waals surface area (Å²) in [6, 6.07) is 5.45. The summed E-state index contributed by atoms with van der Waals surface area (Å²) in [6.07, 6.45) is -4.03. The van der Waals surface area contributed by atoms with Crippen LogP contribution in [-0.2, 0) is 12.6 Å². The highest BCUT2D eigenvalue weighted by Gasteiger charge is 2.33. The number of hydrogen-bond acceptors (Lipinski definition) is 1. The van der Waals surface area contributed by atoms with Gasteiger partial charge in [-0.15, -0.1) is 0 Å². The van der Waals surface area contributed by atoms with Crippen molar-refractivity contribution in [1.29, 1.82) is 5.26 Å². The van der Waals surface area contributed by atoms with Crippen LogP contribution in [0.2, 0.25) is 0 Å².